The van der Waals surface area contributed by atoms with E-state index in [-0.39, 0.29) is 6.61 Å². The second-order valence-corrected chi connectivity index (χ2v) is 12.4. The van der Waals surface area contributed by atoms with Crippen LogP contribution in [0.3, 0.4) is 0 Å². The van der Waals surface area contributed by atoms with Crippen molar-refractivity contribution in [3.05, 3.63) is 71.1 Å². The second-order valence-electron chi connectivity index (χ2n) is 9.36. The number of ether oxygens (including phenoxy) is 4. The van der Waals surface area contributed by atoms with Gasteiger partial charge in [-0.25, -0.2) is 0 Å². The fourth-order valence-corrected chi connectivity index (χ4v) is 8.50. The number of nitrogens with zero attached hydrogens (tertiary/aromatic N) is 3. The van der Waals surface area contributed by atoms with Crippen molar-refractivity contribution in [1.82, 2.24) is 0 Å². The van der Waals surface area contributed by atoms with Crippen molar-refractivity contribution in [1.29, 1.82) is 0 Å². The lowest BCUT2D eigenvalue weighted by Crippen LogP contribution is -2.73. The standard InChI is InChI=1S/C24H29N3O5Si/c1-16(28)30-21-20(32-23(2,3)4)19-15-29-24(31-19,22(21)26-27-25)33(17-11-7-5-8-12-17)18-13-9-6-10-14-18/h5-14,19-22,33H,15H2,1-4H3/t19-,20-,21+,22-,24-/m1/s1. The molecule has 174 valence electrons. The fourth-order valence-electron chi connectivity index (χ4n) is 4.80. The molecule has 9 heteroatoms. The molecule has 5 atom stereocenters. The van der Waals surface area contributed by atoms with E-state index in [9.17, 15) is 10.3 Å². The first-order valence-electron chi connectivity index (χ1n) is 11.1. The molecule has 0 saturated carbocycles. The van der Waals surface area contributed by atoms with E-state index in [1.807, 2.05) is 81.4 Å². The molecule has 0 aromatic heterocycles. The summed E-state index contributed by atoms with van der Waals surface area (Å²) in [6.07, 6.45) is -1.95. The zero-order valence-electron chi connectivity index (χ0n) is 19.3. The number of benzene rings is 2. The van der Waals surface area contributed by atoms with Crippen LogP contribution in [-0.2, 0) is 23.7 Å². The van der Waals surface area contributed by atoms with Gasteiger partial charge in [-0.15, -0.1) is 0 Å². The first-order valence-corrected chi connectivity index (χ1v) is 12.8. The van der Waals surface area contributed by atoms with Gasteiger partial charge in [0, 0.05) is 11.8 Å². The Balaban J connectivity index is 1.88. The molecular formula is C24H29N3O5Si. The molecule has 2 aromatic rings. The Morgan fingerprint density at radius 2 is 1.67 bits per heavy atom. The number of fused-ring (bicyclic) bond motifs is 2. The molecule has 0 unspecified atom stereocenters. The van der Waals surface area contributed by atoms with Gasteiger partial charge in [-0.2, -0.15) is 0 Å². The SMILES string of the molecule is CC(=O)O[C@H]1[C@H](OC(C)(C)C)[C@H]2CO[C@@]([SiH](c3ccccc3)c3ccccc3)(O2)[C@@H]1N=[N+]=[N-]. The quantitative estimate of drug-likeness (QED) is 0.214. The normalized spacial score (nSPS) is 28.9. The van der Waals surface area contributed by atoms with E-state index in [0.717, 1.165) is 10.4 Å². The summed E-state index contributed by atoms with van der Waals surface area (Å²) in [5, 5.41) is 6.27. The largest absolute Gasteiger partial charge is 0.459 e. The predicted octanol–water partition coefficient (Wildman–Crippen LogP) is 2.49. The summed E-state index contributed by atoms with van der Waals surface area (Å²) in [5.74, 6) is -0.477. The lowest BCUT2D eigenvalue weighted by atomic mass is 9.97. The van der Waals surface area contributed by atoms with E-state index in [1.165, 1.54) is 6.92 Å². The van der Waals surface area contributed by atoms with Crippen LogP contribution in [0.25, 0.3) is 10.4 Å². The number of esters is 1. The molecule has 0 amide bonds. The van der Waals surface area contributed by atoms with E-state index >= 15 is 0 Å². The maximum absolute atomic E-state index is 12.1. The van der Waals surface area contributed by atoms with Crippen LogP contribution in [0.15, 0.2) is 65.8 Å². The zero-order chi connectivity index (χ0) is 23.6. The second kappa shape index (κ2) is 9.28. The Kier molecular flexibility index (Phi) is 6.60. The summed E-state index contributed by atoms with van der Waals surface area (Å²) in [5.41, 5.74) is 7.76. The minimum Gasteiger partial charge on any atom is -0.459 e. The zero-order valence-corrected chi connectivity index (χ0v) is 20.4. The number of hydrogen-bond acceptors (Lipinski definition) is 6. The van der Waals surface area contributed by atoms with Gasteiger partial charge in [-0.3, -0.25) is 4.79 Å². The van der Waals surface area contributed by atoms with Crippen molar-refractivity contribution in [2.75, 3.05) is 6.61 Å². The predicted molar refractivity (Wildman–Crippen MR) is 126 cm³/mol. The van der Waals surface area contributed by atoms with Crippen LogP contribution in [-0.4, -0.2) is 56.7 Å². The molecule has 2 bridgehead atoms. The monoisotopic (exact) mass is 467 g/mol. The molecule has 33 heavy (non-hydrogen) atoms. The summed E-state index contributed by atoms with van der Waals surface area (Å²) in [6.45, 7) is 7.35. The topological polar surface area (TPSA) is 103 Å². The smallest absolute Gasteiger partial charge is 0.303 e. The van der Waals surface area contributed by atoms with Crippen molar-refractivity contribution in [3.8, 4) is 0 Å². The van der Waals surface area contributed by atoms with Crippen LogP contribution in [0.5, 0.6) is 0 Å². The summed E-state index contributed by atoms with van der Waals surface area (Å²) >= 11 is 0. The van der Waals surface area contributed by atoms with E-state index in [2.05, 4.69) is 10.0 Å². The summed E-state index contributed by atoms with van der Waals surface area (Å²) in [6, 6.07) is 19.1. The first-order chi connectivity index (χ1) is 15.7. The Bertz CT molecular complexity index is 986. The first kappa shape index (κ1) is 23.5. The molecule has 0 spiro atoms. The number of azide groups is 1. The minimum atomic E-state index is -2.34. The Labute approximate surface area is 195 Å². The summed E-state index contributed by atoms with van der Waals surface area (Å²) in [7, 11) is -2.34. The van der Waals surface area contributed by atoms with Crippen LogP contribution in [0.2, 0.25) is 0 Å². The highest BCUT2D eigenvalue weighted by atomic mass is 28.3. The van der Waals surface area contributed by atoms with Gasteiger partial charge in [0.05, 0.1) is 12.2 Å². The van der Waals surface area contributed by atoms with Crippen LogP contribution >= 0.6 is 0 Å². The van der Waals surface area contributed by atoms with Gasteiger partial charge in [0.2, 0.25) is 0 Å². The highest BCUT2D eigenvalue weighted by molar-refractivity contribution is 6.87. The fraction of sp³-hybridized carbons (Fsp3) is 0.458. The Hall–Kier alpha value is -2.68. The molecule has 4 rings (SSSR count). The molecule has 8 nitrogen and oxygen atoms in total. The van der Waals surface area contributed by atoms with E-state index in [0.29, 0.717) is 0 Å². The molecule has 0 aliphatic carbocycles. The van der Waals surface area contributed by atoms with Gasteiger partial charge in [0.25, 0.3) is 0 Å². The molecule has 0 N–H and O–H groups in total. The molecule has 2 aromatic carbocycles. The van der Waals surface area contributed by atoms with Crippen molar-refractivity contribution >= 4 is 25.1 Å². The maximum Gasteiger partial charge on any atom is 0.303 e. The van der Waals surface area contributed by atoms with Crippen molar-refractivity contribution < 1.29 is 23.7 Å². The highest BCUT2D eigenvalue weighted by Crippen LogP contribution is 2.44. The van der Waals surface area contributed by atoms with E-state index in [1.54, 1.807) is 0 Å². The molecule has 2 fully saturated rings. The van der Waals surface area contributed by atoms with Crippen molar-refractivity contribution in [3.63, 3.8) is 0 Å². The van der Waals surface area contributed by atoms with Crippen molar-refractivity contribution in [2.24, 2.45) is 5.11 Å². The number of rotatable bonds is 6. The molecule has 2 saturated heterocycles. The lowest BCUT2D eigenvalue weighted by Gasteiger charge is -2.48. The lowest BCUT2D eigenvalue weighted by molar-refractivity contribution is -0.242. The number of carbonyl (C=O) groups is 1. The Morgan fingerprint density at radius 1 is 1.09 bits per heavy atom. The van der Waals surface area contributed by atoms with Gasteiger partial charge in [-0.1, -0.05) is 76.2 Å². The number of hydrogen-bond donors (Lipinski definition) is 0. The van der Waals surface area contributed by atoms with Gasteiger partial charge >= 0.3 is 5.97 Å². The molecule has 0 radical (unpaired) electrons. The van der Waals surface area contributed by atoms with Gasteiger partial charge < -0.3 is 18.9 Å². The summed E-state index contributed by atoms with van der Waals surface area (Å²) < 4.78 is 25.2. The van der Waals surface area contributed by atoms with Crippen LogP contribution in [0, 0.1) is 0 Å². The van der Waals surface area contributed by atoms with Crippen molar-refractivity contribution in [2.45, 2.75) is 63.1 Å². The van der Waals surface area contributed by atoms with E-state index in [4.69, 9.17) is 18.9 Å². The van der Waals surface area contributed by atoms with E-state index < -0.39 is 50.1 Å². The van der Waals surface area contributed by atoms with Crippen LogP contribution < -0.4 is 10.4 Å². The highest BCUT2D eigenvalue weighted by Gasteiger charge is 2.65. The average Bonchev–Trinajstić information content (AvgIpc) is 3.17. The van der Waals surface area contributed by atoms with Gasteiger partial charge in [0.1, 0.15) is 24.4 Å². The Morgan fingerprint density at radius 3 is 2.15 bits per heavy atom. The third kappa shape index (κ3) is 4.69. The van der Waals surface area contributed by atoms with Crippen LogP contribution in [0.4, 0.5) is 0 Å². The molecule has 2 heterocycles. The third-order valence-electron chi connectivity index (χ3n) is 5.86. The van der Waals surface area contributed by atoms with Crippen LogP contribution in [0.1, 0.15) is 27.7 Å². The average molecular weight is 468 g/mol. The summed E-state index contributed by atoms with van der Waals surface area (Å²) in [4.78, 5) is 15.3. The number of carbonyl (C=O) groups excluding carboxylic acids is 1. The molecule has 2 aliphatic heterocycles. The third-order valence-corrected chi connectivity index (χ3v) is 9.41. The molecule has 2 aliphatic rings. The molecular weight excluding hydrogens is 438 g/mol. The maximum atomic E-state index is 12.1. The van der Waals surface area contributed by atoms with Gasteiger partial charge in [0.15, 0.2) is 14.2 Å². The minimum absolute atomic E-state index is 0.249. The van der Waals surface area contributed by atoms with Gasteiger partial charge in [-0.05, 0) is 26.3 Å².